The molecule has 1 fully saturated rings. The van der Waals surface area contributed by atoms with Gasteiger partial charge in [-0.15, -0.1) is 0 Å². The average Bonchev–Trinajstić information content (AvgIpc) is 3.27. The van der Waals surface area contributed by atoms with Crippen LogP contribution in [0.25, 0.3) is 0 Å². The van der Waals surface area contributed by atoms with Crippen molar-refractivity contribution in [2.24, 2.45) is 0 Å². The van der Waals surface area contributed by atoms with Crippen LogP contribution in [-0.2, 0) is 6.42 Å². The largest absolute Gasteiger partial charge is 0.368 e. The maximum atomic E-state index is 12.5. The lowest BCUT2D eigenvalue weighted by Crippen LogP contribution is -2.47. The molecule has 5 heteroatoms. The van der Waals surface area contributed by atoms with Gasteiger partial charge in [-0.1, -0.05) is 30.3 Å². The lowest BCUT2D eigenvalue weighted by molar-refractivity contribution is 0.0629. The molecule has 2 aromatic carbocycles. The van der Waals surface area contributed by atoms with Gasteiger partial charge in [0.15, 0.2) is 0 Å². The number of para-hydroxylation sites is 1. The van der Waals surface area contributed by atoms with Crippen molar-refractivity contribution in [2.45, 2.75) is 25.3 Å². The van der Waals surface area contributed by atoms with E-state index in [1.807, 2.05) is 12.1 Å². The van der Waals surface area contributed by atoms with E-state index in [-0.39, 0.29) is 11.8 Å². The van der Waals surface area contributed by atoms with Crippen LogP contribution in [0.1, 0.15) is 39.1 Å². The molecule has 5 nitrogen and oxygen atoms in total. The molecule has 3 aliphatic heterocycles. The van der Waals surface area contributed by atoms with Gasteiger partial charge in [-0.2, -0.15) is 0 Å². The van der Waals surface area contributed by atoms with Crippen LogP contribution in [0, 0.1) is 0 Å². The summed E-state index contributed by atoms with van der Waals surface area (Å²) in [6.07, 6.45) is 3.42. The first-order valence-corrected chi connectivity index (χ1v) is 10.2. The summed E-state index contributed by atoms with van der Waals surface area (Å²) in [5, 5.41) is 0. The van der Waals surface area contributed by atoms with Crippen LogP contribution in [0.5, 0.6) is 0 Å². The van der Waals surface area contributed by atoms with Crippen LogP contribution >= 0.6 is 0 Å². The Labute approximate surface area is 165 Å². The predicted molar refractivity (Wildman–Crippen MR) is 109 cm³/mol. The van der Waals surface area contributed by atoms with Crippen LogP contribution in [0.2, 0.25) is 0 Å². The molecule has 2 aromatic rings. The second-order valence-corrected chi connectivity index (χ2v) is 7.95. The molecule has 0 spiro atoms. The molecule has 0 N–H and O–H groups in total. The van der Waals surface area contributed by atoms with Gasteiger partial charge in [0.05, 0.1) is 11.1 Å². The number of amides is 2. The standard InChI is InChI=1S/C23H25N3O2/c27-22-19-6-2-3-7-20(19)23(28)26(22)16-15-24-12-10-18(11-13-24)25-14-9-17-5-1-4-8-21(17)25/h1-8,18H,9-16H2. The Morgan fingerprint density at radius 3 is 2.14 bits per heavy atom. The lowest BCUT2D eigenvalue weighted by atomic mass is 10.0. The number of imide groups is 1. The fraction of sp³-hybridized carbons (Fsp3) is 0.391. The number of rotatable bonds is 4. The first kappa shape index (κ1) is 17.4. The van der Waals surface area contributed by atoms with E-state index in [0.29, 0.717) is 23.7 Å². The molecular formula is C23H25N3O2. The number of fused-ring (bicyclic) bond motifs is 2. The minimum absolute atomic E-state index is 0.149. The summed E-state index contributed by atoms with van der Waals surface area (Å²) in [5.41, 5.74) is 3.96. The lowest BCUT2D eigenvalue weighted by Gasteiger charge is -2.38. The summed E-state index contributed by atoms with van der Waals surface area (Å²) in [7, 11) is 0. The first-order chi connectivity index (χ1) is 13.7. The topological polar surface area (TPSA) is 43.9 Å². The molecular weight excluding hydrogens is 350 g/mol. The highest BCUT2D eigenvalue weighted by Crippen LogP contribution is 2.32. The van der Waals surface area contributed by atoms with E-state index in [1.54, 1.807) is 12.1 Å². The van der Waals surface area contributed by atoms with E-state index < -0.39 is 0 Å². The summed E-state index contributed by atoms with van der Waals surface area (Å²) < 4.78 is 0. The molecule has 3 heterocycles. The van der Waals surface area contributed by atoms with E-state index in [0.717, 1.165) is 45.4 Å². The highest BCUT2D eigenvalue weighted by atomic mass is 16.2. The third-order valence-corrected chi connectivity index (χ3v) is 6.44. The monoisotopic (exact) mass is 375 g/mol. The zero-order chi connectivity index (χ0) is 19.1. The molecule has 0 radical (unpaired) electrons. The Balaban J connectivity index is 1.16. The highest BCUT2D eigenvalue weighted by Gasteiger charge is 2.35. The number of hydrogen-bond acceptors (Lipinski definition) is 4. The first-order valence-electron chi connectivity index (χ1n) is 10.2. The van der Waals surface area contributed by atoms with Gasteiger partial charge < -0.3 is 9.80 Å². The van der Waals surface area contributed by atoms with Gasteiger partial charge in [-0.05, 0) is 43.0 Å². The van der Waals surface area contributed by atoms with Crippen LogP contribution < -0.4 is 4.90 Å². The second kappa shape index (κ2) is 7.06. The average molecular weight is 375 g/mol. The van der Waals surface area contributed by atoms with Gasteiger partial charge in [-0.3, -0.25) is 14.5 Å². The van der Waals surface area contributed by atoms with Crippen molar-refractivity contribution in [2.75, 3.05) is 37.6 Å². The molecule has 0 aromatic heterocycles. The summed E-state index contributed by atoms with van der Waals surface area (Å²) in [5.74, 6) is -0.298. The predicted octanol–water partition coefficient (Wildman–Crippen LogP) is 2.81. The second-order valence-electron chi connectivity index (χ2n) is 7.95. The maximum absolute atomic E-state index is 12.5. The van der Waals surface area contributed by atoms with Crippen LogP contribution in [0.15, 0.2) is 48.5 Å². The summed E-state index contributed by atoms with van der Waals surface area (Å²) in [4.78, 5) is 31.4. The number of carbonyl (C=O) groups excluding carboxylic acids is 2. The van der Waals surface area contributed by atoms with Gasteiger partial charge in [-0.25, -0.2) is 0 Å². The molecule has 3 aliphatic rings. The zero-order valence-corrected chi connectivity index (χ0v) is 16.0. The Morgan fingerprint density at radius 1 is 0.786 bits per heavy atom. The Bertz CT molecular complexity index is 883. The Morgan fingerprint density at radius 2 is 1.43 bits per heavy atom. The van der Waals surface area contributed by atoms with Gasteiger partial charge >= 0.3 is 0 Å². The fourth-order valence-corrected chi connectivity index (χ4v) is 4.88. The van der Waals surface area contributed by atoms with Crippen molar-refractivity contribution in [3.63, 3.8) is 0 Å². The minimum atomic E-state index is -0.149. The summed E-state index contributed by atoms with van der Waals surface area (Å²) >= 11 is 0. The van der Waals surface area contributed by atoms with E-state index in [1.165, 1.54) is 16.2 Å². The smallest absolute Gasteiger partial charge is 0.261 e. The molecule has 144 valence electrons. The molecule has 0 aliphatic carbocycles. The van der Waals surface area contributed by atoms with Gasteiger partial charge in [0.2, 0.25) is 0 Å². The molecule has 0 bridgehead atoms. The van der Waals surface area contributed by atoms with Crippen LogP contribution in [0.4, 0.5) is 5.69 Å². The molecule has 0 atom stereocenters. The number of nitrogens with zero attached hydrogens (tertiary/aromatic N) is 3. The number of piperidine rings is 1. The van der Waals surface area contributed by atoms with Crippen molar-refractivity contribution < 1.29 is 9.59 Å². The van der Waals surface area contributed by atoms with Gasteiger partial charge in [0, 0.05) is 44.5 Å². The Hall–Kier alpha value is -2.66. The number of carbonyl (C=O) groups is 2. The van der Waals surface area contributed by atoms with E-state index in [4.69, 9.17) is 0 Å². The number of hydrogen-bond donors (Lipinski definition) is 0. The van der Waals surface area contributed by atoms with E-state index in [9.17, 15) is 9.59 Å². The number of benzene rings is 2. The quantitative estimate of drug-likeness (QED) is 0.771. The third-order valence-electron chi connectivity index (χ3n) is 6.44. The zero-order valence-electron chi connectivity index (χ0n) is 16.0. The normalized spacial score (nSPS) is 20.0. The van der Waals surface area contributed by atoms with Gasteiger partial charge in [0.25, 0.3) is 11.8 Å². The van der Waals surface area contributed by atoms with Crippen molar-refractivity contribution in [3.8, 4) is 0 Å². The van der Waals surface area contributed by atoms with Gasteiger partial charge in [0.1, 0.15) is 0 Å². The number of likely N-dealkylation sites (tertiary alicyclic amines) is 1. The molecule has 0 saturated carbocycles. The minimum Gasteiger partial charge on any atom is -0.368 e. The Kier molecular flexibility index (Phi) is 4.40. The molecule has 28 heavy (non-hydrogen) atoms. The number of anilines is 1. The van der Waals surface area contributed by atoms with E-state index >= 15 is 0 Å². The van der Waals surface area contributed by atoms with Crippen LogP contribution in [-0.4, -0.2) is 60.4 Å². The third kappa shape index (κ3) is 2.90. The highest BCUT2D eigenvalue weighted by molar-refractivity contribution is 6.21. The molecule has 5 rings (SSSR count). The van der Waals surface area contributed by atoms with Crippen molar-refractivity contribution in [3.05, 3.63) is 65.2 Å². The van der Waals surface area contributed by atoms with E-state index in [2.05, 4.69) is 34.1 Å². The fourth-order valence-electron chi connectivity index (χ4n) is 4.88. The molecule has 0 unspecified atom stereocenters. The summed E-state index contributed by atoms with van der Waals surface area (Å²) in [6.45, 7) is 4.40. The molecule has 1 saturated heterocycles. The van der Waals surface area contributed by atoms with Crippen molar-refractivity contribution >= 4 is 17.5 Å². The van der Waals surface area contributed by atoms with Crippen molar-refractivity contribution in [1.29, 1.82) is 0 Å². The SMILES string of the molecule is O=C1c2ccccc2C(=O)N1CCN1CCC(N2CCc3ccccc32)CC1. The van der Waals surface area contributed by atoms with Crippen molar-refractivity contribution in [1.82, 2.24) is 9.80 Å². The summed E-state index contributed by atoms with van der Waals surface area (Å²) in [6, 6.07) is 16.5. The maximum Gasteiger partial charge on any atom is 0.261 e. The van der Waals surface area contributed by atoms with Crippen LogP contribution in [0.3, 0.4) is 0 Å². The molecule has 2 amide bonds.